The van der Waals surface area contributed by atoms with Crippen molar-refractivity contribution >= 4 is 5.84 Å². The van der Waals surface area contributed by atoms with Gasteiger partial charge in [-0.2, -0.15) is 0 Å². The van der Waals surface area contributed by atoms with Crippen molar-refractivity contribution in [3.8, 4) is 0 Å². The second-order valence-electron chi connectivity index (χ2n) is 5.78. The van der Waals surface area contributed by atoms with Crippen LogP contribution in [0.1, 0.15) is 29.5 Å². The molecule has 0 radical (unpaired) electrons. The molecule has 2 heterocycles. The number of amidine groups is 1. The van der Waals surface area contributed by atoms with E-state index in [1.165, 1.54) is 24.0 Å². The Labute approximate surface area is 119 Å². The topological polar surface area (TPSA) is 71.1 Å². The highest BCUT2D eigenvalue weighted by molar-refractivity contribution is 5.97. The van der Waals surface area contributed by atoms with E-state index in [-0.39, 0.29) is 5.84 Å². The second-order valence-corrected chi connectivity index (χ2v) is 5.78. The molecule has 2 aliphatic heterocycles. The molecule has 2 atom stereocenters. The summed E-state index contributed by atoms with van der Waals surface area (Å²) < 4.78 is 5.86. The first kappa shape index (κ1) is 13.4. The third-order valence-electron chi connectivity index (χ3n) is 4.26. The van der Waals surface area contributed by atoms with E-state index in [1.807, 2.05) is 12.1 Å². The Morgan fingerprint density at radius 1 is 1.40 bits per heavy atom. The zero-order valence-electron chi connectivity index (χ0n) is 11.7. The lowest BCUT2D eigenvalue weighted by Crippen LogP contribution is -2.42. The van der Waals surface area contributed by atoms with Gasteiger partial charge < -0.3 is 15.7 Å². The molecule has 0 spiro atoms. The number of aryl methyl sites for hydroxylation is 1. The summed E-state index contributed by atoms with van der Waals surface area (Å²) in [5.41, 5.74) is 8.84. The number of likely N-dealkylation sites (tertiary alicyclic amines) is 1. The Morgan fingerprint density at radius 3 is 2.70 bits per heavy atom. The maximum atomic E-state index is 8.72. The van der Waals surface area contributed by atoms with Crippen LogP contribution in [0.2, 0.25) is 0 Å². The van der Waals surface area contributed by atoms with E-state index in [9.17, 15) is 0 Å². The van der Waals surface area contributed by atoms with Crippen LogP contribution in [0, 0.1) is 6.92 Å². The maximum absolute atomic E-state index is 8.72. The van der Waals surface area contributed by atoms with E-state index in [1.54, 1.807) is 0 Å². The number of hydrogen-bond donors (Lipinski definition) is 2. The quantitative estimate of drug-likeness (QED) is 0.379. The Bertz CT molecular complexity index is 518. The van der Waals surface area contributed by atoms with E-state index in [0.29, 0.717) is 12.2 Å². The standard InChI is InChI=1S/C15H21N3O2/c1-10-6-11(15(16)17-19)2-3-12(10)7-18-8-13-4-5-14(9-18)20-13/h2-3,6,13-14,19H,4-5,7-9H2,1H3,(H2,16,17). The summed E-state index contributed by atoms with van der Waals surface area (Å²) in [4.78, 5) is 2.47. The first-order valence-electron chi connectivity index (χ1n) is 7.11. The van der Waals surface area contributed by atoms with E-state index in [4.69, 9.17) is 15.7 Å². The zero-order chi connectivity index (χ0) is 14.1. The first-order valence-corrected chi connectivity index (χ1v) is 7.11. The van der Waals surface area contributed by atoms with Crippen LogP contribution < -0.4 is 5.73 Å². The minimum atomic E-state index is 0.157. The lowest BCUT2D eigenvalue weighted by Gasteiger charge is -2.32. The van der Waals surface area contributed by atoms with Crippen molar-refractivity contribution < 1.29 is 9.94 Å². The Hall–Kier alpha value is -1.59. The molecule has 1 aromatic rings. The van der Waals surface area contributed by atoms with Gasteiger partial charge >= 0.3 is 0 Å². The van der Waals surface area contributed by atoms with Crippen molar-refractivity contribution in [3.63, 3.8) is 0 Å². The molecule has 5 heteroatoms. The summed E-state index contributed by atoms with van der Waals surface area (Å²) in [6, 6.07) is 5.95. The molecule has 5 nitrogen and oxygen atoms in total. The van der Waals surface area contributed by atoms with Crippen LogP contribution in [0.3, 0.4) is 0 Å². The number of benzene rings is 1. The van der Waals surface area contributed by atoms with E-state index in [2.05, 4.69) is 23.0 Å². The lowest BCUT2D eigenvalue weighted by atomic mass is 10.0. The molecule has 3 rings (SSSR count). The molecule has 2 saturated heterocycles. The average Bonchev–Trinajstić information content (AvgIpc) is 2.79. The number of hydrogen-bond acceptors (Lipinski definition) is 4. The van der Waals surface area contributed by atoms with Crippen LogP contribution in [0.5, 0.6) is 0 Å². The number of oxime groups is 1. The van der Waals surface area contributed by atoms with Crippen molar-refractivity contribution in [1.29, 1.82) is 0 Å². The summed E-state index contributed by atoms with van der Waals surface area (Å²) in [5, 5.41) is 11.8. The van der Waals surface area contributed by atoms with Gasteiger partial charge in [0.2, 0.25) is 0 Å². The van der Waals surface area contributed by atoms with Crippen LogP contribution in [0.25, 0.3) is 0 Å². The summed E-state index contributed by atoms with van der Waals surface area (Å²) in [5.74, 6) is 0.157. The third-order valence-corrected chi connectivity index (χ3v) is 4.26. The van der Waals surface area contributed by atoms with Gasteiger partial charge in [-0.3, -0.25) is 4.90 Å². The number of rotatable bonds is 3. The van der Waals surface area contributed by atoms with Gasteiger partial charge in [-0.1, -0.05) is 17.3 Å². The van der Waals surface area contributed by atoms with Crippen molar-refractivity contribution in [2.75, 3.05) is 13.1 Å². The van der Waals surface area contributed by atoms with Gasteiger partial charge in [0.05, 0.1) is 12.2 Å². The van der Waals surface area contributed by atoms with Gasteiger partial charge in [0.25, 0.3) is 0 Å². The normalized spacial score (nSPS) is 26.9. The van der Waals surface area contributed by atoms with Crippen LogP contribution >= 0.6 is 0 Å². The Morgan fingerprint density at radius 2 is 2.10 bits per heavy atom. The molecule has 20 heavy (non-hydrogen) atoms. The number of morpholine rings is 1. The fourth-order valence-electron chi connectivity index (χ4n) is 3.16. The highest BCUT2D eigenvalue weighted by Crippen LogP contribution is 2.27. The van der Waals surface area contributed by atoms with Crippen molar-refractivity contribution in [2.24, 2.45) is 10.9 Å². The van der Waals surface area contributed by atoms with Crippen molar-refractivity contribution in [1.82, 2.24) is 4.90 Å². The van der Waals surface area contributed by atoms with Gasteiger partial charge in [0.15, 0.2) is 5.84 Å². The molecular formula is C15H21N3O2. The molecular weight excluding hydrogens is 254 g/mol. The minimum Gasteiger partial charge on any atom is -0.409 e. The predicted molar refractivity (Wildman–Crippen MR) is 76.9 cm³/mol. The SMILES string of the molecule is Cc1cc(/C(N)=N/O)ccc1CN1CC2CCC(C1)O2. The highest BCUT2D eigenvalue weighted by Gasteiger charge is 2.33. The van der Waals surface area contributed by atoms with E-state index >= 15 is 0 Å². The molecule has 2 unspecified atom stereocenters. The average molecular weight is 275 g/mol. The molecule has 2 aliphatic rings. The summed E-state index contributed by atoms with van der Waals surface area (Å²) in [7, 11) is 0. The third kappa shape index (κ3) is 2.64. The van der Waals surface area contributed by atoms with Crippen LogP contribution in [-0.2, 0) is 11.3 Å². The highest BCUT2D eigenvalue weighted by atomic mass is 16.5. The summed E-state index contributed by atoms with van der Waals surface area (Å²) in [6.45, 7) is 5.06. The first-order chi connectivity index (χ1) is 9.65. The van der Waals surface area contributed by atoms with Gasteiger partial charge in [-0.25, -0.2) is 0 Å². The number of fused-ring (bicyclic) bond motifs is 2. The molecule has 0 aliphatic carbocycles. The second kappa shape index (κ2) is 5.42. The van der Waals surface area contributed by atoms with Gasteiger partial charge in [-0.05, 0) is 37.0 Å². The van der Waals surface area contributed by atoms with Crippen LogP contribution in [0.15, 0.2) is 23.4 Å². The largest absolute Gasteiger partial charge is 0.409 e. The molecule has 1 aromatic carbocycles. The summed E-state index contributed by atoms with van der Waals surface area (Å²) in [6.07, 6.45) is 3.24. The molecule has 0 aromatic heterocycles. The maximum Gasteiger partial charge on any atom is 0.170 e. The zero-order valence-corrected chi connectivity index (χ0v) is 11.7. The van der Waals surface area contributed by atoms with Gasteiger partial charge in [-0.15, -0.1) is 0 Å². The van der Waals surface area contributed by atoms with Crippen LogP contribution in [-0.4, -0.2) is 41.2 Å². The van der Waals surface area contributed by atoms with Crippen LogP contribution in [0.4, 0.5) is 0 Å². The molecule has 108 valence electrons. The Balaban J connectivity index is 1.71. The van der Waals surface area contributed by atoms with Gasteiger partial charge in [0.1, 0.15) is 0 Å². The molecule has 2 fully saturated rings. The molecule has 0 saturated carbocycles. The van der Waals surface area contributed by atoms with Crippen molar-refractivity contribution in [3.05, 3.63) is 34.9 Å². The van der Waals surface area contributed by atoms with E-state index in [0.717, 1.165) is 25.2 Å². The number of nitrogens with two attached hydrogens (primary N) is 1. The fraction of sp³-hybridized carbons (Fsp3) is 0.533. The molecule has 2 bridgehead atoms. The molecule has 0 amide bonds. The smallest absolute Gasteiger partial charge is 0.170 e. The number of nitrogens with zero attached hydrogens (tertiary/aromatic N) is 2. The van der Waals surface area contributed by atoms with E-state index < -0.39 is 0 Å². The molecule has 3 N–H and O–H groups in total. The monoisotopic (exact) mass is 275 g/mol. The predicted octanol–water partition coefficient (Wildman–Crippen LogP) is 1.45. The van der Waals surface area contributed by atoms with Crippen molar-refractivity contribution in [2.45, 2.75) is 38.5 Å². The Kier molecular flexibility index (Phi) is 3.63. The lowest BCUT2D eigenvalue weighted by molar-refractivity contribution is -0.0411. The summed E-state index contributed by atoms with van der Waals surface area (Å²) >= 11 is 0. The van der Waals surface area contributed by atoms with Gasteiger partial charge in [0, 0.05) is 25.2 Å². The number of ether oxygens (including phenoxy) is 1. The minimum absolute atomic E-state index is 0.157. The fourth-order valence-corrected chi connectivity index (χ4v) is 3.16.